The van der Waals surface area contributed by atoms with E-state index in [0.717, 1.165) is 6.07 Å². The summed E-state index contributed by atoms with van der Waals surface area (Å²) >= 11 is 0. The number of nitrogens with zero attached hydrogens (tertiary/aromatic N) is 1. The van der Waals surface area contributed by atoms with Crippen molar-refractivity contribution in [1.29, 1.82) is 0 Å². The lowest BCUT2D eigenvalue weighted by Gasteiger charge is -2.07. The Kier molecular flexibility index (Phi) is 4.23. The molecule has 0 radical (unpaired) electrons. The number of benzene rings is 1. The predicted molar refractivity (Wildman–Crippen MR) is 56.8 cm³/mol. The number of nitro groups is 1. The molecule has 0 unspecified atom stereocenters. The van der Waals surface area contributed by atoms with Gasteiger partial charge in [0.1, 0.15) is 12.4 Å². The van der Waals surface area contributed by atoms with E-state index in [1.807, 2.05) is 5.32 Å². The van der Waals surface area contributed by atoms with E-state index in [1.165, 1.54) is 12.1 Å². The third-order valence-electron chi connectivity index (χ3n) is 1.77. The fourth-order valence-electron chi connectivity index (χ4n) is 1.08. The van der Waals surface area contributed by atoms with Gasteiger partial charge in [0.25, 0.3) is 5.69 Å². The van der Waals surface area contributed by atoms with Crippen molar-refractivity contribution in [2.75, 3.05) is 18.5 Å². The molecule has 8 heteroatoms. The fourth-order valence-corrected chi connectivity index (χ4v) is 1.08. The number of hydrogen-bond donors (Lipinski definition) is 3. The van der Waals surface area contributed by atoms with Gasteiger partial charge in [-0.15, -0.1) is 0 Å². The zero-order valence-corrected chi connectivity index (χ0v) is 8.62. The normalized spacial score (nSPS) is 9.71. The van der Waals surface area contributed by atoms with Crippen LogP contribution in [-0.2, 0) is 4.74 Å². The highest BCUT2D eigenvalue weighted by Crippen LogP contribution is 2.32. The lowest BCUT2D eigenvalue weighted by molar-refractivity contribution is -0.384. The van der Waals surface area contributed by atoms with Crippen LogP contribution in [-0.4, -0.2) is 34.4 Å². The molecular weight excluding hydrogens is 232 g/mol. The average molecular weight is 242 g/mol. The van der Waals surface area contributed by atoms with Crippen LogP contribution in [0.5, 0.6) is 5.75 Å². The molecule has 0 aliphatic heterocycles. The van der Waals surface area contributed by atoms with Gasteiger partial charge in [0.15, 0.2) is 5.69 Å². The van der Waals surface area contributed by atoms with Crippen LogP contribution < -0.4 is 5.32 Å². The summed E-state index contributed by atoms with van der Waals surface area (Å²) in [4.78, 5) is 21.0. The van der Waals surface area contributed by atoms with Gasteiger partial charge in [-0.05, 0) is 6.07 Å². The van der Waals surface area contributed by atoms with Gasteiger partial charge in [0.05, 0.1) is 11.5 Å². The molecule has 1 aromatic carbocycles. The van der Waals surface area contributed by atoms with Crippen LogP contribution in [0.1, 0.15) is 0 Å². The fraction of sp³-hybridized carbons (Fsp3) is 0.222. The summed E-state index contributed by atoms with van der Waals surface area (Å²) in [6.45, 7) is -0.608. The second-order valence-electron chi connectivity index (χ2n) is 2.91. The Hall–Kier alpha value is -2.35. The first-order valence-corrected chi connectivity index (χ1v) is 4.57. The van der Waals surface area contributed by atoms with E-state index in [-0.39, 0.29) is 18.9 Å². The molecule has 0 fully saturated rings. The number of carbonyl (C=O) groups excluding carboxylic acids is 1. The quantitative estimate of drug-likeness (QED) is 0.408. The number of aliphatic hydroxyl groups is 1. The second-order valence-corrected chi connectivity index (χ2v) is 2.91. The Balaban J connectivity index is 2.89. The molecule has 17 heavy (non-hydrogen) atoms. The van der Waals surface area contributed by atoms with Crippen LogP contribution in [0.2, 0.25) is 0 Å². The molecule has 0 aliphatic carbocycles. The van der Waals surface area contributed by atoms with Gasteiger partial charge in [-0.25, -0.2) is 4.79 Å². The van der Waals surface area contributed by atoms with Crippen molar-refractivity contribution in [3.05, 3.63) is 28.3 Å². The highest BCUT2D eigenvalue weighted by atomic mass is 16.6. The lowest BCUT2D eigenvalue weighted by Crippen LogP contribution is -2.16. The number of ether oxygens (including phenoxy) is 1. The van der Waals surface area contributed by atoms with Crippen molar-refractivity contribution in [3.63, 3.8) is 0 Å². The predicted octanol–water partition coefficient (Wildman–Crippen LogP) is 0.841. The van der Waals surface area contributed by atoms with Crippen LogP contribution in [0.25, 0.3) is 0 Å². The summed E-state index contributed by atoms with van der Waals surface area (Å²) < 4.78 is 4.45. The van der Waals surface area contributed by atoms with Gasteiger partial charge < -0.3 is 14.9 Å². The number of nitrogens with one attached hydrogen (secondary N) is 1. The van der Waals surface area contributed by atoms with E-state index >= 15 is 0 Å². The highest BCUT2D eigenvalue weighted by molar-refractivity contribution is 5.90. The monoisotopic (exact) mass is 242 g/mol. The van der Waals surface area contributed by atoms with Crippen LogP contribution >= 0.6 is 0 Å². The minimum atomic E-state index is -0.997. The number of aromatic hydroxyl groups is 1. The standard InChI is InChI=1S/C9H10N2O6/c12-4-5-17-9(14)10-8-6(11(15)16)2-1-3-7(8)13/h1-3,12-13H,4-5H2,(H,10,14). The molecule has 0 atom stereocenters. The number of carbonyl (C=O) groups is 1. The van der Waals surface area contributed by atoms with Gasteiger partial charge in [-0.1, -0.05) is 6.07 Å². The molecule has 0 bridgehead atoms. The first-order chi connectivity index (χ1) is 8.06. The third kappa shape index (κ3) is 3.31. The van der Waals surface area contributed by atoms with Gasteiger partial charge >= 0.3 is 6.09 Å². The van der Waals surface area contributed by atoms with Crippen molar-refractivity contribution in [3.8, 4) is 5.75 Å². The minimum Gasteiger partial charge on any atom is -0.505 e. The van der Waals surface area contributed by atoms with E-state index in [9.17, 15) is 20.0 Å². The van der Waals surface area contributed by atoms with Crippen LogP contribution in [0.4, 0.5) is 16.2 Å². The number of para-hydroxylation sites is 1. The molecule has 0 aliphatic rings. The molecule has 0 aromatic heterocycles. The maximum Gasteiger partial charge on any atom is 0.412 e. The van der Waals surface area contributed by atoms with E-state index in [1.54, 1.807) is 0 Å². The summed E-state index contributed by atoms with van der Waals surface area (Å²) in [5.74, 6) is -0.444. The number of amides is 1. The molecular formula is C9H10N2O6. The van der Waals surface area contributed by atoms with Crippen molar-refractivity contribution in [2.24, 2.45) is 0 Å². The second kappa shape index (κ2) is 5.66. The van der Waals surface area contributed by atoms with E-state index < -0.39 is 22.5 Å². The molecule has 3 N–H and O–H groups in total. The van der Waals surface area contributed by atoms with E-state index in [2.05, 4.69) is 4.74 Å². The van der Waals surface area contributed by atoms with E-state index in [4.69, 9.17) is 5.11 Å². The summed E-state index contributed by atoms with van der Waals surface area (Å²) in [5.41, 5.74) is -0.800. The Labute approximate surface area is 95.6 Å². The molecule has 1 amide bonds. The van der Waals surface area contributed by atoms with Gasteiger partial charge in [0.2, 0.25) is 0 Å². The summed E-state index contributed by atoms with van der Waals surface area (Å²) in [7, 11) is 0. The first kappa shape index (κ1) is 12.7. The average Bonchev–Trinajstić information content (AvgIpc) is 2.28. The van der Waals surface area contributed by atoms with Crippen LogP contribution in [0.15, 0.2) is 18.2 Å². The van der Waals surface area contributed by atoms with Gasteiger partial charge in [-0.3, -0.25) is 15.4 Å². The topological polar surface area (TPSA) is 122 Å². The zero-order chi connectivity index (χ0) is 12.8. The molecule has 0 heterocycles. The van der Waals surface area contributed by atoms with Crippen molar-refractivity contribution in [1.82, 2.24) is 0 Å². The molecule has 92 valence electrons. The number of hydrogen-bond acceptors (Lipinski definition) is 6. The molecule has 1 aromatic rings. The van der Waals surface area contributed by atoms with Gasteiger partial charge in [-0.2, -0.15) is 0 Å². The maximum atomic E-state index is 11.1. The molecule has 8 nitrogen and oxygen atoms in total. The molecule has 0 saturated carbocycles. The summed E-state index contributed by atoms with van der Waals surface area (Å²) in [5, 5.41) is 30.5. The zero-order valence-electron chi connectivity index (χ0n) is 8.62. The third-order valence-corrected chi connectivity index (χ3v) is 1.77. The minimum absolute atomic E-state index is 0.243. The van der Waals surface area contributed by atoms with Crippen molar-refractivity contribution >= 4 is 17.5 Å². The highest BCUT2D eigenvalue weighted by Gasteiger charge is 2.19. The molecule has 1 rings (SSSR count). The Morgan fingerprint density at radius 1 is 1.53 bits per heavy atom. The Bertz CT molecular complexity index is 433. The summed E-state index contributed by atoms with van der Waals surface area (Å²) in [6.07, 6.45) is -0.997. The smallest absolute Gasteiger partial charge is 0.412 e. The number of nitro benzene ring substituents is 1. The first-order valence-electron chi connectivity index (χ1n) is 4.57. The van der Waals surface area contributed by atoms with Crippen LogP contribution in [0, 0.1) is 10.1 Å². The summed E-state index contributed by atoms with van der Waals surface area (Å²) in [6, 6.07) is 3.59. The SMILES string of the molecule is O=C(Nc1c(O)cccc1[N+](=O)[O-])OCCO. The number of phenols is 1. The lowest BCUT2D eigenvalue weighted by atomic mass is 10.2. The maximum absolute atomic E-state index is 11.1. The largest absolute Gasteiger partial charge is 0.505 e. The number of rotatable bonds is 4. The molecule has 0 saturated heterocycles. The molecule has 0 spiro atoms. The van der Waals surface area contributed by atoms with Gasteiger partial charge in [0, 0.05) is 6.07 Å². The number of anilines is 1. The van der Waals surface area contributed by atoms with E-state index in [0.29, 0.717) is 0 Å². The van der Waals surface area contributed by atoms with Crippen LogP contribution in [0.3, 0.4) is 0 Å². The Morgan fingerprint density at radius 3 is 2.82 bits per heavy atom. The Morgan fingerprint density at radius 2 is 2.24 bits per heavy atom. The van der Waals surface area contributed by atoms with Crippen molar-refractivity contribution < 1.29 is 24.7 Å². The van der Waals surface area contributed by atoms with Crippen molar-refractivity contribution in [2.45, 2.75) is 0 Å². The number of aliphatic hydroxyl groups excluding tert-OH is 1. The number of phenolic OH excluding ortho intramolecular Hbond substituents is 1.